The first-order valence-corrected chi connectivity index (χ1v) is 17.1. The lowest BCUT2D eigenvalue weighted by molar-refractivity contribution is -0.0551. The van der Waals surface area contributed by atoms with Gasteiger partial charge in [-0.1, -0.05) is 65.8 Å². The number of benzene rings is 3. The standard InChI is InChI=1S/C41H54O11/c1-40(2,3)30-17-27(18-31(39(30)47-11)41(4,5)6)37-29-16-26(13-15-33(29)52-36(37)21-48-22-43-7)12-14-32(42)38-34(50-24-45-9)19-28(49-23-44-8)20-35(38)51-25-46-10/h12-20,36-37H,21-25H2,1-11H3. The first kappa shape index (κ1) is 40.6. The van der Waals surface area contributed by atoms with E-state index in [1.165, 1.54) is 27.4 Å². The van der Waals surface area contributed by atoms with Crippen molar-refractivity contribution in [2.24, 2.45) is 0 Å². The molecule has 284 valence electrons. The maximum Gasteiger partial charge on any atom is 0.193 e. The Kier molecular flexibility index (Phi) is 14.1. The maximum atomic E-state index is 13.9. The molecule has 0 aromatic heterocycles. The highest BCUT2D eigenvalue weighted by Gasteiger charge is 2.38. The van der Waals surface area contributed by atoms with E-state index in [2.05, 4.69) is 59.7 Å². The summed E-state index contributed by atoms with van der Waals surface area (Å²) in [4.78, 5) is 13.9. The Balaban J connectivity index is 1.80. The molecule has 2 atom stereocenters. The van der Waals surface area contributed by atoms with Crippen LogP contribution < -0.4 is 23.7 Å². The van der Waals surface area contributed by atoms with Gasteiger partial charge in [0.2, 0.25) is 0 Å². The SMILES string of the molecule is COCOCC1Oc2ccc(C=CC(=O)c3c(OCOC)cc(OCOC)cc3OCOC)cc2C1c1cc(C(C)(C)C)c(OC)c(C(C)(C)C)c1. The minimum absolute atomic E-state index is 0.00536. The van der Waals surface area contributed by atoms with E-state index < -0.39 is 0 Å². The minimum atomic E-state index is -0.352. The summed E-state index contributed by atoms with van der Waals surface area (Å²) in [6.45, 7) is 13.4. The molecule has 2 unspecified atom stereocenters. The molecule has 0 spiro atoms. The number of fused-ring (bicyclic) bond motifs is 1. The van der Waals surface area contributed by atoms with Crippen molar-refractivity contribution in [1.29, 1.82) is 0 Å². The van der Waals surface area contributed by atoms with E-state index in [0.717, 1.165) is 39.3 Å². The second-order valence-corrected chi connectivity index (χ2v) is 14.5. The zero-order chi connectivity index (χ0) is 38.1. The van der Waals surface area contributed by atoms with Crippen molar-refractivity contribution in [2.45, 2.75) is 64.4 Å². The molecule has 4 rings (SSSR count). The zero-order valence-corrected chi connectivity index (χ0v) is 32.4. The van der Waals surface area contributed by atoms with Crippen molar-refractivity contribution in [3.8, 4) is 28.7 Å². The highest BCUT2D eigenvalue weighted by atomic mass is 16.7. The number of carbonyl (C=O) groups is 1. The average molecular weight is 723 g/mol. The van der Waals surface area contributed by atoms with Gasteiger partial charge < -0.3 is 47.4 Å². The van der Waals surface area contributed by atoms with E-state index in [4.69, 9.17) is 47.4 Å². The Hall–Kier alpha value is -4.13. The van der Waals surface area contributed by atoms with Crippen molar-refractivity contribution in [2.75, 3.05) is 69.3 Å². The Bertz CT molecular complexity index is 1620. The third-order valence-corrected chi connectivity index (χ3v) is 8.51. The van der Waals surface area contributed by atoms with Gasteiger partial charge in [-0.05, 0) is 40.2 Å². The van der Waals surface area contributed by atoms with Crippen LogP contribution >= 0.6 is 0 Å². The molecule has 0 fully saturated rings. The van der Waals surface area contributed by atoms with E-state index >= 15 is 0 Å². The lowest BCUT2D eigenvalue weighted by Gasteiger charge is -2.31. The van der Waals surface area contributed by atoms with Crippen molar-refractivity contribution < 1.29 is 52.2 Å². The largest absolute Gasteiger partial charge is 0.496 e. The maximum absolute atomic E-state index is 13.9. The topological polar surface area (TPSA) is 109 Å². The van der Waals surface area contributed by atoms with Crippen LogP contribution in [0.3, 0.4) is 0 Å². The van der Waals surface area contributed by atoms with Crippen LogP contribution in [0.4, 0.5) is 0 Å². The fourth-order valence-corrected chi connectivity index (χ4v) is 6.14. The molecule has 0 aliphatic carbocycles. The average Bonchev–Trinajstić information content (AvgIpc) is 3.47. The fourth-order valence-electron chi connectivity index (χ4n) is 6.14. The molecular weight excluding hydrogens is 668 g/mol. The van der Waals surface area contributed by atoms with Crippen LogP contribution in [-0.4, -0.2) is 81.2 Å². The molecule has 52 heavy (non-hydrogen) atoms. The van der Waals surface area contributed by atoms with Crippen molar-refractivity contribution in [3.63, 3.8) is 0 Å². The van der Waals surface area contributed by atoms with Crippen molar-refractivity contribution in [3.05, 3.63) is 81.9 Å². The lowest BCUT2D eigenvalue weighted by Crippen LogP contribution is -2.27. The minimum Gasteiger partial charge on any atom is -0.496 e. The van der Waals surface area contributed by atoms with Crippen LogP contribution in [0.5, 0.6) is 28.7 Å². The third kappa shape index (κ3) is 9.84. The van der Waals surface area contributed by atoms with Gasteiger partial charge in [-0.15, -0.1) is 0 Å². The summed E-state index contributed by atoms with van der Waals surface area (Å²) < 4.78 is 56.2. The molecule has 0 saturated heterocycles. The van der Waals surface area contributed by atoms with Gasteiger partial charge in [0.15, 0.2) is 26.2 Å². The Morgan fingerprint density at radius 1 is 0.731 bits per heavy atom. The molecule has 1 aliphatic rings. The van der Waals surface area contributed by atoms with E-state index in [9.17, 15) is 4.79 Å². The molecule has 0 N–H and O–H groups in total. The van der Waals surface area contributed by atoms with Gasteiger partial charge in [-0.3, -0.25) is 4.79 Å². The number of hydrogen-bond donors (Lipinski definition) is 0. The monoisotopic (exact) mass is 722 g/mol. The zero-order valence-electron chi connectivity index (χ0n) is 32.4. The van der Waals surface area contributed by atoms with Gasteiger partial charge >= 0.3 is 0 Å². The van der Waals surface area contributed by atoms with Gasteiger partial charge in [0.25, 0.3) is 0 Å². The molecule has 0 radical (unpaired) electrons. The van der Waals surface area contributed by atoms with Crippen LogP contribution in [0.1, 0.15) is 85.6 Å². The Morgan fingerprint density at radius 3 is 1.81 bits per heavy atom. The van der Waals surface area contributed by atoms with Gasteiger partial charge in [0.05, 0.1) is 19.6 Å². The van der Waals surface area contributed by atoms with Crippen molar-refractivity contribution >= 4 is 11.9 Å². The van der Waals surface area contributed by atoms with Crippen LogP contribution in [-0.2, 0) is 34.5 Å². The molecule has 3 aromatic carbocycles. The third-order valence-electron chi connectivity index (χ3n) is 8.51. The molecule has 0 saturated carbocycles. The van der Waals surface area contributed by atoms with Crippen LogP contribution in [0.15, 0.2) is 48.5 Å². The van der Waals surface area contributed by atoms with Gasteiger partial charge in [-0.2, -0.15) is 0 Å². The Labute approximate surface area is 308 Å². The molecule has 0 bridgehead atoms. The number of allylic oxidation sites excluding steroid dienone is 1. The molecule has 1 heterocycles. The summed E-state index contributed by atoms with van der Waals surface area (Å²) in [6, 6.07) is 13.6. The number of hydrogen-bond acceptors (Lipinski definition) is 11. The van der Waals surface area contributed by atoms with Gasteiger partial charge in [-0.25, -0.2) is 0 Å². The molecular formula is C41H54O11. The highest BCUT2D eigenvalue weighted by molar-refractivity contribution is 6.10. The molecule has 0 amide bonds. The first-order valence-electron chi connectivity index (χ1n) is 17.1. The number of rotatable bonds is 18. The van der Waals surface area contributed by atoms with Crippen LogP contribution in [0.25, 0.3) is 6.08 Å². The molecule has 3 aromatic rings. The normalized spacial score (nSPS) is 15.8. The number of carbonyl (C=O) groups excluding carboxylic acids is 1. The molecule has 1 aliphatic heterocycles. The summed E-state index contributed by atoms with van der Waals surface area (Å²) in [6.07, 6.45) is 2.93. The highest BCUT2D eigenvalue weighted by Crippen LogP contribution is 2.48. The summed E-state index contributed by atoms with van der Waals surface area (Å²) in [5.41, 5.74) is 4.91. The first-order chi connectivity index (χ1) is 24.8. The van der Waals surface area contributed by atoms with Gasteiger partial charge in [0, 0.05) is 57.3 Å². The molecule has 11 heteroatoms. The van der Waals surface area contributed by atoms with Crippen LogP contribution in [0, 0.1) is 0 Å². The Morgan fingerprint density at radius 2 is 1.29 bits per heavy atom. The number of ether oxygens (including phenoxy) is 10. The van der Waals surface area contributed by atoms with Gasteiger partial charge in [0.1, 0.15) is 47.2 Å². The second kappa shape index (κ2) is 18.1. The summed E-state index contributed by atoms with van der Waals surface area (Å²) in [7, 11) is 7.83. The van der Waals surface area contributed by atoms with E-state index in [1.54, 1.807) is 32.4 Å². The van der Waals surface area contributed by atoms with Crippen LogP contribution in [0.2, 0.25) is 0 Å². The fraction of sp³-hybridized carbons (Fsp3) is 0.488. The lowest BCUT2D eigenvalue weighted by atomic mass is 9.75. The quantitative estimate of drug-likeness (QED) is 0.0559. The van der Waals surface area contributed by atoms with Crippen molar-refractivity contribution in [1.82, 2.24) is 0 Å². The predicted molar refractivity (Wildman–Crippen MR) is 198 cm³/mol. The van der Waals surface area contributed by atoms with E-state index in [1.807, 2.05) is 12.1 Å². The summed E-state index contributed by atoms with van der Waals surface area (Å²) >= 11 is 0. The second-order valence-electron chi connectivity index (χ2n) is 14.5. The summed E-state index contributed by atoms with van der Waals surface area (Å²) in [5.74, 6) is 1.95. The predicted octanol–water partition coefficient (Wildman–Crippen LogP) is 7.65. The molecule has 11 nitrogen and oxygen atoms in total. The summed E-state index contributed by atoms with van der Waals surface area (Å²) in [5, 5.41) is 0. The van der Waals surface area contributed by atoms with E-state index in [0.29, 0.717) is 12.4 Å². The number of ketones is 1. The van der Waals surface area contributed by atoms with E-state index in [-0.39, 0.29) is 72.9 Å². The number of methoxy groups -OCH3 is 5. The smallest absolute Gasteiger partial charge is 0.193 e.